The highest BCUT2D eigenvalue weighted by Gasteiger charge is 2.17. The predicted molar refractivity (Wildman–Crippen MR) is 87.0 cm³/mol. The summed E-state index contributed by atoms with van der Waals surface area (Å²) in [5, 5.41) is 9.40. The summed E-state index contributed by atoms with van der Waals surface area (Å²) in [6.07, 6.45) is 1.45. The molecule has 5 heteroatoms. The first-order valence-electron chi connectivity index (χ1n) is 6.95. The molecule has 23 heavy (non-hydrogen) atoms. The van der Waals surface area contributed by atoms with Crippen molar-refractivity contribution in [3.8, 4) is 17.2 Å². The van der Waals surface area contributed by atoms with Crippen LogP contribution in [-0.2, 0) is 4.79 Å². The van der Waals surface area contributed by atoms with Crippen molar-refractivity contribution in [3.05, 3.63) is 59.4 Å². The summed E-state index contributed by atoms with van der Waals surface area (Å²) in [6.45, 7) is 1.96. The van der Waals surface area contributed by atoms with Crippen molar-refractivity contribution in [2.45, 2.75) is 6.92 Å². The second-order valence-corrected chi connectivity index (χ2v) is 4.82. The Kier molecular flexibility index (Phi) is 5.25. The average Bonchev–Trinajstić information content (AvgIpc) is 2.56. The largest absolute Gasteiger partial charge is 0.493 e. The summed E-state index contributed by atoms with van der Waals surface area (Å²) < 4.78 is 16.0. The first-order valence-corrected chi connectivity index (χ1v) is 6.95. The highest BCUT2D eigenvalue weighted by Crippen LogP contribution is 2.38. The SMILES string of the molecule is COc1cccc(OC)c1OC(=Cc1ccc(C)cc1)C(=O)O. The van der Waals surface area contributed by atoms with Crippen LogP contribution >= 0.6 is 0 Å². The fourth-order valence-electron chi connectivity index (χ4n) is 1.98. The van der Waals surface area contributed by atoms with E-state index in [0.717, 1.165) is 11.1 Å². The van der Waals surface area contributed by atoms with Crippen molar-refractivity contribution in [1.29, 1.82) is 0 Å². The zero-order valence-electron chi connectivity index (χ0n) is 13.2. The summed E-state index contributed by atoms with van der Waals surface area (Å²) in [7, 11) is 2.96. The number of ether oxygens (including phenoxy) is 3. The molecule has 0 radical (unpaired) electrons. The van der Waals surface area contributed by atoms with Crippen molar-refractivity contribution in [2.75, 3.05) is 14.2 Å². The van der Waals surface area contributed by atoms with Crippen LogP contribution in [0.3, 0.4) is 0 Å². The molecule has 0 amide bonds. The molecule has 2 aromatic rings. The number of rotatable bonds is 6. The minimum Gasteiger partial charge on any atom is -0.493 e. The third kappa shape index (κ3) is 4.03. The van der Waals surface area contributed by atoms with E-state index in [1.54, 1.807) is 18.2 Å². The van der Waals surface area contributed by atoms with Crippen LogP contribution in [0.5, 0.6) is 17.2 Å². The Morgan fingerprint density at radius 3 is 2.04 bits per heavy atom. The van der Waals surface area contributed by atoms with Crippen molar-refractivity contribution in [1.82, 2.24) is 0 Å². The van der Waals surface area contributed by atoms with Gasteiger partial charge in [-0.15, -0.1) is 0 Å². The Morgan fingerprint density at radius 2 is 1.57 bits per heavy atom. The molecule has 0 aliphatic heterocycles. The summed E-state index contributed by atoms with van der Waals surface area (Å²) in [5.41, 5.74) is 1.81. The van der Waals surface area contributed by atoms with E-state index in [9.17, 15) is 9.90 Å². The predicted octanol–water partition coefficient (Wildman–Crippen LogP) is 3.52. The smallest absolute Gasteiger partial charge is 0.371 e. The van der Waals surface area contributed by atoms with E-state index in [2.05, 4.69) is 0 Å². The molecule has 0 heterocycles. The van der Waals surface area contributed by atoms with E-state index >= 15 is 0 Å². The summed E-state index contributed by atoms with van der Waals surface area (Å²) >= 11 is 0. The van der Waals surface area contributed by atoms with Crippen LogP contribution in [-0.4, -0.2) is 25.3 Å². The highest BCUT2D eigenvalue weighted by molar-refractivity contribution is 5.90. The van der Waals surface area contributed by atoms with Crippen molar-refractivity contribution < 1.29 is 24.1 Å². The molecule has 0 aliphatic rings. The molecule has 0 aromatic heterocycles. The van der Waals surface area contributed by atoms with Crippen molar-refractivity contribution >= 4 is 12.0 Å². The molecular formula is C18H18O5. The van der Waals surface area contributed by atoms with Crippen LogP contribution in [0.4, 0.5) is 0 Å². The topological polar surface area (TPSA) is 65.0 Å². The molecule has 0 saturated heterocycles. The molecule has 0 fully saturated rings. The Bertz CT molecular complexity index is 694. The zero-order chi connectivity index (χ0) is 16.8. The summed E-state index contributed by atoms with van der Waals surface area (Å²) in [4.78, 5) is 11.5. The Labute approximate surface area is 134 Å². The van der Waals surface area contributed by atoms with Gasteiger partial charge in [0.15, 0.2) is 11.5 Å². The van der Waals surface area contributed by atoms with Gasteiger partial charge in [-0.2, -0.15) is 0 Å². The monoisotopic (exact) mass is 314 g/mol. The molecule has 2 aromatic carbocycles. The van der Waals surface area contributed by atoms with Gasteiger partial charge >= 0.3 is 5.97 Å². The van der Waals surface area contributed by atoms with Crippen LogP contribution in [0.25, 0.3) is 6.08 Å². The van der Waals surface area contributed by atoms with E-state index in [1.165, 1.54) is 20.3 Å². The maximum Gasteiger partial charge on any atom is 0.371 e. The first kappa shape index (κ1) is 16.4. The minimum atomic E-state index is -1.18. The van der Waals surface area contributed by atoms with Crippen LogP contribution in [0.2, 0.25) is 0 Å². The van der Waals surface area contributed by atoms with Gasteiger partial charge in [-0.3, -0.25) is 0 Å². The van der Waals surface area contributed by atoms with Crippen molar-refractivity contribution in [2.24, 2.45) is 0 Å². The molecule has 0 spiro atoms. The molecule has 5 nitrogen and oxygen atoms in total. The third-order valence-electron chi connectivity index (χ3n) is 3.18. The number of aliphatic carboxylic acids is 1. The van der Waals surface area contributed by atoms with Gasteiger partial charge in [-0.1, -0.05) is 35.9 Å². The van der Waals surface area contributed by atoms with Gasteiger partial charge in [-0.05, 0) is 30.7 Å². The number of carbonyl (C=O) groups is 1. The summed E-state index contributed by atoms with van der Waals surface area (Å²) in [5.74, 6) is -0.408. The van der Waals surface area contributed by atoms with E-state index in [0.29, 0.717) is 11.5 Å². The standard InChI is InChI=1S/C18H18O5/c1-12-7-9-13(10-8-12)11-16(18(19)20)23-17-14(21-2)5-4-6-15(17)22-3/h4-11H,1-3H3,(H,19,20). The molecule has 0 aliphatic carbocycles. The number of benzene rings is 2. The highest BCUT2D eigenvalue weighted by atomic mass is 16.5. The molecule has 0 bridgehead atoms. The van der Waals surface area contributed by atoms with Gasteiger partial charge in [0.05, 0.1) is 14.2 Å². The molecule has 2 rings (SSSR count). The van der Waals surface area contributed by atoms with Crippen LogP contribution in [0, 0.1) is 6.92 Å². The number of carboxylic acid groups (broad SMARTS) is 1. The molecule has 120 valence electrons. The Morgan fingerprint density at radius 1 is 1.00 bits per heavy atom. The van der Waals surface area contributed by atoms with Gasteiger partial charge in [-0.25, -0.2) is 4.79 Å². The molecule has 0 unspecified atom stereocenters. The maximum absolute atomic E-state index is 11.5. The molecule has 0 saturated carbocycles. The van der Waals surface area contributed by atoms with Gasteiger partial charge < -0.3 is 19.3 Å². The van der Waals surface area contributed by atoms with E-state index < -0.39 is 5.97 Å². The lowest BCUT2D eigenvalue weighted by molar-refractivity contribution is -0.134. The van der Waals surface area contributed by atoms with E-state index in [1.807, 2.05) is 31.2 Å². The maximum atomic E-state index is 11.5. The quantitative estimate of drug-likeness (QED) is 0.653. The normalized spacial score (nSPS) is 11.0. The number of hydrogen-bond donors (Lipinski definition) is 1. The van der Waals surface area contributed by atoms with Crippen molar-refractivity contribution in [3.63, 3.8) is 0 Å². The van der Waals surface area contributed by atoms with Crippen LogP contribution in [0.15, 0.2) is 48.2 Å². The molecule has 0 atom stereocenters. The van der Waals surface area contributed by atoms with Gasteiger partial charge in [0.25, 0.3) is 0 Å². The molecular weight excluding hydrogens is 296 g/mol. The third-order valence-corrected chi connectivity index (χ3v) is 3.18. The lowest BCUT2D eigenvalue weighted by atomic mass is 10.1. The minimum absolute atomic E-state index is 0.221. The van der Waals surface area contributed by atoms with Gasteiger partial charge in [0, 0.05) is 0 Å². The lowest BCUT2D eigenvalue weighted by Gasteiger charge is -2.14. The van der Waals surface area contributed by atoms with E-state index in [-0.39, 0.29) is 11.5 Å². The second-order valence-electron chi connectivity index (χ2n) is 4.82. The zero-order valence-corrected chi connectivity index (χ0v) is 13.2. The molecule has 1 N–H and O–H groups in total. The Balaban J connectivity index is 2.41. The number of para-hydroxylation sites is 1. The number of methoxy groups -OCH3 is 2. The number of aryl methyl sites for hydroxylation is 1. The fraction of sp³-hybridized carbons (Fsp3) is 0.167. The first-order chi connectivity index (χ1) is 11.0. The van der Waals surface area contributed by atoms with E-state index in [4.69, 9.17) is 14.2 Å². The fourth-order valence-corrected chi connectivity index (χ4v) is 1.98. The average molecular weight is 314 g/mol. The van der Waals surface area contributed by atoms with Gasteiger partial charge in [0.2, 0.25) is 11.5 Å². The van der Waals surface area contributed by atoms with Gasteiger partial charge in [0.1, 0.15) is 0 Å². The lowest BCUT2D eigenvalue weighted by Crippen LogP contribution is -2.09. The van der Waals surface area contributed by atoms with Crippen LogP contribution < -0.4 is 14.2 Å². The Hall–Kier alpha value is -2.95. The van der Waals surface area contributed by atoms with Crippen LogP contribution in [0.1, 0.15) is 11.1 Å². The number of hydrogen-bond acceptors (Lipinski definition) is 4. The summed E-state index contributed by atoms with van der Waals surface area (Å²) in [6, 6.07) is 12.5. The number of carboxylic acids is 1. The second kappa shape index (κ2) is 7.35.